The molecule has 0 amide bonds. The average molecular weight is 162 g/mol. The molecule has 4 heteroatoms. The Balaban J connectivity index is 3.72. The molecule has 0 spiro atoms. The van der Waals surface area contributed by atoms with Crippen molar-refractivity contribution in [2.24, 2.45) is 0 Å². The fourth-order valence-electron chi connectivity index (χ4n) is 0.519. The zero-order chi connectivity index (χ0) is 8.15. The molecule has 0 aromatic heterocycles. The third kappa shape index (κ3) is 3.63. The Morgan fingerprint density at radius 3 is 2.60 bits per heavy atom. The minimum absolute atomic E-state index is 0.0344. The molecule has 0 rings (SSSR count). The number of nitrogens with zero attached hydrogens (tertiary/aromatic N) is 1. The van der Waals surface area contributed by atoms with E-state index in [-0.39, 0.29) is 5.88 Å². The molecule has 0 saturated heterocycles. The first-order valence-corrected chi connectivity index (χ1v) is 4.27. The topological polar surface area (TPSA) is 43.4 Å². The Morgan fingerprint density at radius 2 is 2.30 bits per heavy atom. The van der Waals surface area contributed by atoms with Crippen LogP contribution in [-0.2, 0) is 11.1 Å². The Kier molecular flexibility index (Phi) is 4.31. The highest BCUT2D eigenvalue weighted by atomic mass is 32.2. The van der Waals surface area contributed by atoms with Gasteiger partial charge in [-0.3, -0.25) is 4.21 Å². The second-order valence-electron chi connectivity index (χ2n) is 2.05. The van der Waals surface area contributed by atoms with E-state index in [4.69, 9.17) is 0 Å². The van der Waals surface area contributed by atoms with Gasteiger partial charge in [-0.1, -0.05) is 13.5 Å². The number of hydrogen-bond donors (Lipinski definition) is 0. The largest absolute Gasteiger partial charge is 0.771 e. The van der Waals surface area contributed by atoms with Gasteiger partial charge in [0, 0.05) is 12.7 Å². The van der Waals surface area contributed by atoms with Crippen LogP contribution in [0.1, 0.15) is 13.3 Å². The molecule has 1 atom stereocenters. The molecule has 0 heterocycles. The zero-order valence-corrected chi connectivity index (χ0v) is 7.11. The van der Waals surface area contributed by atoms with Crippen molar-refractivity contribution in [3.63, 3.8) is 0 Å². The third-order valence-corrected chi connectivity index (χ3v) is 1.85. The van der Waals surface area contributed by atoms with Crippen molar-refractivity contribution in [3.8, 4) is 0 Å². The molecule has 0 aliphatic carbocycles. The van der Waals surface area contributed by atoms with Crippen LogP contribution >= 0.6 is 0 Å². The van der Waals surface area contributed by atoms with E-state index in [1.54, 1.807) is 11.9 Å². The van der Waals surface area contributed by atoms with E-state index in [1.807, 2.05) is 6.92 Å². The quantitative estimate of drug-likeness (QED) is 0.571. The van der Waals surface area contributed by atoms with Gasteiger partial charge in [-0.15, -0.1) is 0 Å². The molecule has 0 aromatic rings. The van der Waals surface area contributed by atoms with Crippen molar-refractivity contribution in [2.75, 3.05) is 12.9 Å². The molecule has 0 aliphatic heterocycles. The van der Waals surface area contributed by atoms with Crippen molar-refractivity contribution in [2.45, 2.75) is 13.3 Å². The average Bonchev–Trinajstić information content (AvgIpc) is 1.85. The first kappa shape index (κ1) is 9.65. The maximum absolute atomic E-state index is 10.1. The molecule has 0 radical (unpaired) electrons. The van der Waals surface area contributed by atoms with Crippen molar-refractivity contribution in [1.82, 2.24) is 4.90 Å². The summed E-state index contributed by atoms with van der Waals surface area (Å²) in [6, 6.07) is 0. The summed E-state index contributed by atoms with van der Waals surface area (Å²) >= 11 is -2.00. The lowest BCUT2D eigenvalue weighted by atomic mass is 10.4. The van der Waals surface area contributed by atoms with Gasteiger partial charge in [0.1, 0.15) is 0 Å². The van der Waals surface area contributed by atoms with E-state index in [0.29, 0.717) is 0 Å². The van der Waals surface area contributed by atoms with Crippen LogP contribution in [0.4, 0.5) is 0 Å². The van der Waals surface area contributed by atoms with E-state index in [2.05, 4.69) is 6.58 Å². The summed E-state index contributed by atoms with van der Waals surface area (Å²) in [5.74, 6) is 0.0344. The number of rotatable bonds is 4. The fourth-order valence-corrected chi connectivity index (χ4v) is 1.02. The molecule has 0 aliphatic rings. The summed E-state index contributed by atoms with van der Waals surface area (Å²) in [6.45, 7) is 5.62. The van der Waals surface area contributed by atoms with Crippen LogP contribution in [0, 0.1) is 0 Å². The molecule has 60 valence electrons. The van der Waals surface area contributed by atoms with E-state index in [0.717, 1.165) is 12.1 Å². The summed E-state index contributed by atoms with van der Waals surface area (Å²) < 4.78 is 20.3. The maximum Gasteiger partial charge on any atom is 0.0799 e. The van der Waals surface area contributed by atoms with Crippen molar-refractivity contribution in [1.29, 1.82) is 0 Å². The number of allylic oxidation sites excluding steroid dienone is 1. The first-order chi connectivity index (χ1) is 4.57. The van der Waals surface area contributed by atoms with Crippen LogP contribution in [0.5, 0.6) is 0 Å². The monoisotopic (exact) mass is 162 g/mol. The summed E-state index contributed by atoms with van der Waals surface area (Å²) in [5, 5.41) is 0. The molecule has 10 heavy (non-hydrogen) atoms. The van der Waals surface area contributed by atoms with Gasteiger partial charge in [0.15, 0.2) is 0 Å². The summed E-state index contributed by atoms with van der Waals surface area (Å²) in [7, 11) is 1.71. The Morgan fingerprint density at radius 1 is 1.80 bits per heavy atom. The zero-order valence-electron chi connectivity index (χ0n) is 6.29. The van der Waals surface area contributed by atoms with Crippen LogP contribution < -0.4 is 0 Å². The van der Waals surface area contributed by atoms with Crippen LogP contribution in [-0.4, -0.2) is 26.6 Å². The van der Waals surface area contributed by atoms with Crippen molar-refractivity contribution < 1.29 is 8.76 Å². The lowest BCUT2D eigenvalue weighted by molar-refractivity contribution is 0.443. The van der Waals surface area contributed by atoms with Crippen LogP contribution in [0.25, 0.3) is 0 Å². The lowest BCUT2D eigenvalue weighted by Crippen LogP contribution is -2.21. The van der Waals surface area contributed by atoms with Gasteiger partial charge in [0.2, 0.25) is 0 Å². The van der Waals surface area contributed by atoms with Gasteiger partial charge in [0.05, 0.1) is 5.88 Å². The van der Waals surface area contributed by atoms with Crippen LogP contribution in [0.2, 0.25) is 0 Å². The Hall–Kier alpha value is -0.350. The van der Waals surface area contributed by atoms with E-state index < -0.39 is 11.1 Å². The van der Waals surface area contributed by atoms with Crippen molar-refractivity contribution in [3.05, 3.63) is 12.3 Å². The maximum atomic E-state index is 10.1. The molecular formula is C6H12NO2S-. The highest BCUT2D eigenvalue weighted by Crippen LogP contribution is 2.01. The highest BCUT2D eigenvalue weighted by molar-refractivity contribution is 7.79. The van der Waals surface area contributed by atoms with Gasteiger partial charge in [-0.05, 0) is 17.5 Å². The molecule has 0 N–H and O–H groups in total. The fraction of sp³-hybridized carbons (Fsp3) is 0.667. The predicted octanol–water partition coefficient (Wildman–Crippen LogP) is 0.679. The van der Waals surface area contributed by atoms with Gasteiger partial charge in [0.25, 0.3) is 0 Å². The summed E-state index contributed by atoms with van der Waals surface area (Å²) in [5.41, 5.74) is 0.837. The third-order valence-electron chi connectivity index (χ3n) is 1.25. The minimum Gasteiger partial charge on any atom is -0.771 e. The molecule has 0 bridgehead atoms. The van der Waals surface area contributed by atoms with E-state index in [1.165, 1.54) is 0 Å². The van der Waals surface area contributed by atoms with E-state index >= 15 is 0 Å². The van der Waals surface area contributed by atoms with Gasteiger partial charge < -0.3 is 9.45 Å². The second kappa shape index (κ2) is 4.46. The molecule has 3 nitrogen and oxygen atoms in total. The Labute approximate surface area is 64.0 Å². The molecular weight excluding hydrogens is 150 g/mol. The second-order valence-corrected chi connectivity index (χ2v) is 2.92. The Bertz CT molecular complexity index is 147. The van der Waals surface area contributed by atoms with E-state index in [9.17, 15) is 8.76 Å². The van der Waals surface area contributed by atoms with Gasteiger partial charge in [-0.25, -0.2) is 0 Å². The SMILES string of the molecule is C=C(CC)N(C)CS(=O)[O-]. The molecule has 0 aromatic carbocycles. The highest BCUT2D eigenvalue weighted by Gasteiger charge is 1.97. The normalized spacial score (nSPS) is 12.7. The molecule has 0 fully saturated rings. The lowest BCUT2D eigenvalue weighted by Gasteiger charge is -2.21. The number of hydrogen-bond acceptors (Lipinski definition) is 3. The van der Waals surface area contributed by atoms with Gasteiger partial charge in [-0.2, -0.15) is 0 Å². The van der Waals surface area contributed by atoms with Crippen molar-refractivity contribution >= 4 is 11.1 Å². The standard InChI is InChI=1S/C6H13NO2S/c1-4-6(2)7(3)5-10(8)9/h2,4-5H2,1,3H3,(H,8,9)/p-1. The van der Waals surface area contributed by atoms with Crippen LogP contribution in [0.3, 0.4) is 0 Å². The molecule has 1 unspecified atom stereocenters. The molecule has 0 saturated carbocycles. The summed E-state index contributed by atoms with van der Waals surface area (Å²) in [4.78, 5) is 1.61. The summed E-state index contributed by atoms with van der Waals surface area (Å²) in [6.07, 6.45) is 0.785. The first-order valence-electron chi connectivity index (χ1n) is 3.02. The predicted molar refractivity (Wildman–Crippen MR) is 41.0 cm³/mol. The van der Waals surface area contributed by atoms with Crippen LogP contribution in [0.15, 0.2) is 12.3 Å². The van der Waals surface area contributed by atoms with Gasteiger partial charge >= 0.3 is 0 Å². The smallest absolute Gasteiger partial charge is 0.0799 e. The minimum atomic E-state index is -2.00.